The predicted molar refractivity (Wildman–Crippen MR) is 104 cm³/mol. The van der Waals surface area contributed by atoms with Crippen molar-refractivity contribution in [3.8, 4) is 0 Å². The van der Waals surface area contributed by atoms with Crippen molar-refractivity contribution in [2.24, 2.45) is 0 Å². The molecule has 1 amide bonds. The minimum atomic E-state index is -0.0529. The molecule has 0 atom stereocenters. The van der Waals surface area contributed by atoms with Gasteiger partial charge in [0.15, 0.2) is 5.13 Å². The summed E-state index contributed by atoms with van der Waals surface area (Å²) in [5.74, 6) is -0.0529. The van der Waals surface area contributed by atoms with E-state index in [-0.39, 0.29) is 5.91 Å². The number of amides is 1. The van der Waals surface area contributed by atoms with Crippen LogP contribution in [0, 0.1) is 0 Å². The van der Waals surface area contributed by atoms with Gasteiger partial charge in [0.25, 0.3) is 5.91 Å². The van der Waals surface area contributed by atoms with Gasteiger partial charge < -0.3 is 10.6 Å². The highest BCUT2D eigenvalue weighted by molar-refractivity contribution is 7.22. The Morgan fingerprint density at radius 3 is 2.64 bits per heavy atom. The molecule has 0 bridgehead atoms. The molecule has 0 aliphatic heterocycles. The highest BCUT2D eigenvalue weighted by atomic mass is 32.1. The second-order valence-corrected chi connectivity index (χ2v) is 6.73. The molecular weight excluding hydrogens is 330 g/mol. The van der Waals surface area contributed by atoms with Crippen LogP contribution in [-0.2, 0) is 0 Å². The van der Waals surface area contributed by atoms with Gasteiger partial charge in [0, 0.05) is 18.7 Å². The summed E-state index contributed by atoms with van der Waals surface area (Å²) in [7, 11) is 0. The number of aromatic nitrogens is 1. The van der Waals surface area contributed by atoms with E-state index in [1.807, 2.05) is 60.7 Å². The molecule has 4 nitrogen and oxygen atoms in total. The maximum Gasteiger partial charge on any atom is 0.251 e. The van der Waals surface area contributed by atoms with Crippen LogP contribution in [0.25, 0.3) is 21.0 Å². The quantitative estimate of drug-likeness (QED) is 0.530. The Bertz CT molecular complexity index is 1000. The smallest absolute Gasteiger partial charge is 0.251 e. The molecule has 4 aromatic rings. The van der Waals surface area contributed by atoms with Crippen LogP contribution < -0.4 is 10.6 Å². The van der Waals surface area contributed by atoms with Crippen LogP contribution in [0.4, 0.5) is 5.13 Å². The van der Waals surface area contributed by atoms with Crippen molar-refractivity contribution in [2.45, 2.75) is 0 Å². The fraction of sp³-hybridized carbons (Fsp3) is 0.100. The normalized spacial score (nSPS) is 10.9. The van der Waals surface area contributed by atoms with E-state index in [0.29, 0.717) is 18.7 Å². The predicted octanol–water partition coefficient (Wildman–Crippen LogP) is 4.29. The SMILES string of the molecule is O=C(NCCNc1nc2ccccc2s1)c1cccc2ccccc12. The number of rotatable bonds is 5. The number of nitrogens with one attached hydrogen (secondary N) is 2. The van der Waals surface area contributed by atoms with E-state index in [0.717, 1.165) is 26.1 Å². The Morgan fingerprint density at radius 2 is 1.72 bits per heavy atom. The molecule has 0 aliphatic carbocycles. The third kappa shape index (κ3) is 3.32. The van der Waals surface area contributed by atoms with Crippen molar-refractivity contribution in [2.75, 3.05) is 18.4 Å². The van der Waals surface area contributed by atoms with E-state index in [4.69, 9.17) is 0 Å². The average molecular weight is 347 g/mol. The first kappa shape index (κ1) is 15.6. The molecule has 0 aliphatic rings. The number of para-hydroxylation sites is 1. The molecule has 0 saturated carbocycles. The maximum absolute atomic E-state index is 12.5. The standard InChI is InChI=1S/C20H17N3OS/c24-19(16-9-5-7-14-6-1-2-8-15(14)16)21-12-13-22-20-23-17-10-3-4-11-18(17)25-20/h1-11H,12-13H2,(H,21,24)(H,22,23). The van der Waals surface area contributed by atoms with Crippen LogP contribution in [0.2, 0.25) is 0 Å². The second-order valence-electron chi connectivity index (χ2n) is 5.70. The third-order valence-corrected chi connectivity index (χ3v) is 5.01. The molecule has 4 rings (SSSR count). The van der Waals surface area contributed by atoms with Crippen molar-refractivity contribution < 1.29 is 4.79 Å². The van der Waals surface area contributed by atoms with E-state index < -0.39 is 0 Å². The Labute approximate surface area is 149 Å². The Morgan fingerprint density at radius 1 is 0.920 bits per heavy atom. The first-order chi connectivity index (χ1) is 12.3. The van der Waals surface area contributed by atoms with Crippen LogP contribution in [0.1, 0.15) is 10.4 Å². The average Bonchev–Trinajstić information content (AvgIpc) is 3.07. The molecule has 1 aromatic heterocycles. The van der Waals surface area contributed by atoms with E-state index >= 15 is 0 Å². The number of benzene rings is 3. The lowest BCUT2D eigenvalue weighted by molar-refractivity contribution is 0.0957. The van der Waals surface area contributed by atoms with Gasteiger partial charge in [-0.25, -0.2) is 4.98 Å². The molecule has 0 fully saturated rings. The third-order valence-electron chi connectivity index (χ3n) is 4.01. The van der Waals surface area contributed by atoms with Crippen molar-refractivity contribution in [3.05, 3.63) is 72.3 Å². The Balaban J connectivity index is 1.37. The van der Waals surface area contributed by atoms with E-state index in [2.05, 4.69) is 21.7 Å². The molecule has 1 heterocycles. The lowest BCUT2D eigenvalue weighted by atomic mass is 10.0. The first-order valence-electron chi connectivity index (χ1n) is 8.17. The topological polar surface area (TPSA) is 54.0 Å². The molecule has 0 spiro atoms. The molecule has 3 aromatic carbocycles. The number of anilines is 1. The second kappa shape index (κ2) is 6.91. The maximum atomic E-state index is 12.5. The number of nitrogens with zero attached hydrogens (tertiary/aromatic N) is 1. The zero-order valence-electron chi connectivity index (χ0n) is 13.5. The van der Waals surface area contributed by atoms with Crippen LogP contribution in [-0.4, -0.2) is 24.0 Å². The number of thiazole rings is 1. The molecule has 124 valence electrons. The molecule has 0 unspecified atom stereocenters. The Hall–Kier alpha value is -2.92. The summed E-state index contributed by atoms with van der Waals surface area (Å²) in [6, 6.07) is 21.8. The van der Waals surface area contributed by atoms with E-state index in [9.17, 15) is 4.79 Å². The number of carbonyl (C=O) groups is 1. The lowest BCUT2D eigenvalue weighted by Crippen LogP contribution is -2.28. The number of fused-ring (bicyclic) bond motifs is 2. The van der Waals surface area contributed by atoms with Gasteiger partial charge in [0.1, 0.15) is 0 Å². The molecule has 5 heteroatoms. The monoisotopic (exact) mass is 347 g/mol. The van der Waals surface area contributed by atoms with Gasteiger partial charge in [-0.1, -0.05) is 59.9 Å². The Kier molecular flexibility index (Phi) is 4.31. The highest BCUT2D eigenvalue weighted by Gasteiger charge is 2.09. The molecule has 25 heavy (non-hydrogen) atoms. The van der Waals surface area contributed by atoms with Gasteiger partial charge in [0.2, 0.25) is 0 Å². The van der Waals surface area contributed by atoms with Crippen molar-refractivity contribution in [3.63, 3.8) is 0 Å². The summed E-state index contributed by atoms with van der Waals surface area (Å²) in [6.07, 6.45) is 0. The summed E-state index contributed by atoms with van der Waals surface area (Å²) in [5, 5.41) is 9.16. The number of hydrogen-bond acceptors (Lipinski definition) is 4. The van der Waals surface area contributed by atoms with Crippen molar-refractivity contribution in [1.82, 2.24) is 10.3 Å². The largest absolute Gasteiger partial charge is 0.360 e. The minimum Gasteiger partial charge on any atom is -0.360 e. The molecule has 2 N–H and O–H groups in total. The zero-order valence-corrected chi connectivity index (χ0v) is 14.3. The van der Waals surface area contributed by atoms with E-state index in [1.54, 1.807) is 11.3 Å². The van der Waals surface area contributed by atoms with Gasteiger partial charge in [-0.15, -0.1) is 0 Å². The summed E-state index contributed by atoms with van der Waals surface area (Å²) in [5.41, 5.74) is 1.70. The molecule has 0 saturated heterocycles. The molecular formula is C20H17N3OS. The van der Waals surface area contributed by atoms with Crippen LogP contribution in [0.5, 0.6) is 0 Å². The fourth-order valence-electron chi connectivity index (χ4n) is 2.81. The summed E-state index contributed by atoms with van der Waals surface area (Å²) < 4.78 is 1.16. The first-order valence-corrected chi connectivity index (χ1v) is 8.98. The molecule has 0 radical (unpaired) electrons. The van der Waals surface area contributed by atoms with Crippen LogP contribution >= 0.6 is 11.3 Å². The minimum absolute atomic E-state index is 0.0529. The summed E-state index contributed by atoms with van der Waals surface area (Å²) >= 11 is 1.62. The summed E-state index contributed by atoms with van der Waals surface area (Å²) in [6.45, 7) is 1.17. The van der Waals surface area contributed by atoms with Gasteiger partial charge in [-0.2, -0.15) is 0 Å². The summed E-state index contributed by atoms with van der Waals surface area (Å²) in [4.78, 5) is 17.0. The van der Waals surface area contributed by atoms with Gasteiger partial charge in [-0.3, -0.25) is 4.79 Å². The van der Waals surface area contributed by atoms with Crippen LogP contribution in [0.3, 0.4) is 0 Å². The van der Waals surface area contributed by atoms with Gasteiger partial charge in [-0.05, 0) is 29.0 Å². The van der Waals surface area contributed by atoms with Crippen molar-refractivity contribution >= 4 is 43.4 Å². The van der Waals surface area contributed by atoms with Gasteiger partial charge >= 0.3 is 0 Å². The van der Waals surface area contributed by atoms with Crippen molar-refractivity contribution in [1.29, 1.82) is 0 Å². The number of carbonyl (C=O) groups excluding carboxylic acids is 1. The van der Waals surface area contributed by atoms with Crippen LogP contribution in [0.15, 0.2) is 66.7 Å². The lowest BCUT2D eigenvalue weighted by Gasteiger charge is -2.08. The fourth-order valence-corrected chi connectivity index (χ4v) is 3.70. The van der Waals surface area contributed by atoms with Gasteiger partial charge in [0.05, 0.1) is 10.2 Å². The van der Waals surface area contributed by atoms with E-state index in [1.165, 1.54) is 0 Å². The number of hydrogen-bond donors (Lipinski definition) is 2. The zero-order chi connectivity index (χ0) is 17.1. The highest BCUT2D eigenvalue weighted by Crippen LogP contribution is 2.25.